The van der Waals surface area contributed by atoms with Crippen molar-refractivity contribution in [1.82, 2.24) is 5.32 Å². The fourth-order valence-corrected chi connectivity index (χ4v) is 2.73. The lowest BCUT2D eigenvalue weighted by Crippen LogP contribution is -2.30. The molecule has 2 aromatic rings. The molecule has 2 rings (SSSR count). The molecule has 2 nitrogen and oxygen atoms in total. The van der Waals surface area contributed by atoms with Gasteiger partial charge < -0.3 is 5.32 Å². The summed E-state index contributed by atoms with van der Waals surface area (Å²) >= 11 is 0. The van der Waals surface area contributed by atoms with Gasteiger partial charge in [-0.3, -0.25) is 4.79 Å². The molecule has 0 heterocycles. The molecule has 0 unspecified atom stereocenters. The Morgan fingerprint density at radius 2 is 1.48 bits per heavy atom. The largest absolute Gasteiger partial charge is 0.349 e. The molecule has 0 fully saturated rings. The van der Waals surface area contributed by atoms with Crippen LogP contribution in [0.4, 0.5) is 0 Å². The van der Waals surface area contributed by atoms with Gasteiger partial charge in [0.1, 0.15) is 0 Å². The van der Waals surface area contributed by atoms with Gasteiger partial charge in [-0.1, -0.05) is 68.4 Å². The number of hydrogen-bond donors (Lipinski definition) is 1. The van der Waals surface area contributed by atoms with E-state index in [1.165, 1.54) is 5.56 Å². The zero-order valence-corrected chi connectivity index (χ0v) is 14.5. The van der Waals surface area contributed by atoms with Crippen molar-refractivity contribution in [1.29, 1.82) is 0 Å². The third-order valence-electron chi connectivity index (χ3n) is 4.18. The van der Waals surface area contributed by atoms with Crippen LogP contribution in [0.1, 0.15) is 56.3 Å². The number of carbonyl (C=O) groups excluding carboxylic acids is 1. The molecule has 122 valence electrons. The van der Waals surface area contributed by atoms with Crippen LogP contribution >= 0.6 is 0 Å². The second kappa shape index (κ2) is 7.96. The van der Waals surface area contributed by atoms with Crippen molar-refractivity contribution in [2.45, 2.75) is 46.1 Å². The molecule has 0 aliphatic rings. The minimum absolute atomic E-state index is 0.0198. The van der Waals surface area contributed by atoms with Crippen LogP contribution in [0, 0.1) is 5.92 Å². The summed E-state index contributed by atoms with van der Waals surface area (Å²) in [5.74, 6) is 0.570. The van der Waals surface area contributed by atoms with Crippen molar-refractivity contribution >= 4 is 5.91 Å². The number of amides is 1. The van der Waals surface area contributed by atoms with Crippen LogP contribution < -0.4 is 5.32 Å². The van der Waals surface area contributed by atoms with Crippen LogP contribution in [0.3, 0.4) is 0 Å². The summed E-state index contributed by atoms with van der Waals surface area (Å²) in [7, 11) is 0. The first-order chi connectivity index (χ1) is 11.0. The van der Waals surface area contributed by atoms with Gasteiger partial charge >= 0.3 is 0 Å². The molecule has 2 aromatic carbocycles. The van der Waals surface area contributed by atoms with Crippen molar-refractivity contribution in [2.24, 2.45) is 5.92 Å². The molecule has 1 amide bonds. The monoisotopic (exact) mass is 309 g/mol. The molecular weight excluding hydrogens is 282 g/mol. The van der Waals surface area contributed by atoms with E-state index in [9.17, 15) is 4.79 Å². The number of nitrogens with one attached hydrogen (secondary N) is 1. The van der Waals surface area contributed by atoms with Crippen LogP contribution in [-0.2, 0) is 11.2 Å². The highest BCUT2D eigenvalue weighted by atomic mass is 16.1. The maximum absolute atomic E-state index is 12.5. The Morgan fingerprint density at radius 3 is 2.04 bits per heavy atom. The van der Waals surface area contributed by atoms with Crippen LogP contribution in [0.25, 0.3) is 0 Å². The van der Waals surface area contributed by atoms with E-state index in [4.69, 9.17) is 0 Å². The second-order valence-electron chi connectivity index (χ2n) is 6.70. The van der Waals surface area contributed by atoms with Crippen molar-refractivity contribution < 1.29 is 4.79 Å². The molecule has 0 aliphatic carbocycles. The molecule has 2 atom stereocenters. The van der Waals surface area contributed by atoms with Gasteiger partial charge in [-0.15, -0.1) is 0 Å². The van der Waals surface area contributed by atoms with E-state index < -0.39 is 0 Å². The fraction of sp³-hybridized carbons (Fsp3) is 0.381. The summed E-state index contributed by atoms with van der Waals surface area (Å²) in [5, 5.41) is 3.10. The Labute approximate surface area is 139 Å². The van der Waals surface area contributed by atoms with Gasteiger partial charge in [-0.2, -0.15) is 0 Å². The van der Waals surface area contributed by atoms with Crippen molar-refractivity contribution in [3.05, 3.63) is 71.3 Å². The minimum atomic E-state index is -0.144. The fourth-order valence-electron chi connectivity index (χ4n) is 2.73. The lowest BCUT2D eigenvalue weighted by molar-refractivity contribution is -0.122. The van der Waals surface area contributed by atoms with E-state index in [0.29, 0.717) is 5.92 Å². The predicted octanol–water partition coefficient (Wildman–Crippen LogP) is 4.87. The first kappa shape index (κ1) is 17.3. The van der Waals surface area contributed by atoms with E-state index in [1.807, 2.05) is 44.2 Å². The van der Waals surface area contributed by atoms with Gasteiger partial charge in [0.15, 0.2) is 0 Å². The number of hydrogen-bond acceptors (Lipinski definition) is 1. The SMILES string of the molecule is CC(C)Cc1ccc([C@@H](C)C(=O)N[C@@H](C)c2ccccc2)cc1. The summed E-state index contributed by atoms with van der Waals surface area (Å²) in [4.78, 5) is 12.5. The molecule has 0 aliphatic heterocycles. The van der Waals surface area contributed by atoms with E-state index in [0.717, 1.165) is 17.5 Å². The smallest absolute Gasteiger partial charge is 0.227 e. The Balaban J connectivity index is 1.99. The normalized spacial score (nSPS) is 13.6. The summed E-state index contributed by atoms with van der Waals surface area (Å²) in [6, 6.07) is 18.5. The zero-order chi connectivity index (χ0) is 16.8. The topological polar surface area (TPSA) is 29.1 Å². The molecule has 0 aromatic heterocycles. The Kier molecular flexibility index (Phi) is 5.97. The van der Waals surface area contributed by atoms with Gasteiger partial charge in [-0.25, -0.2) is 0 Å². The zero-order valence-electron chi connectivity index (χ0n) is 14.5. The lowest BCUT2D eigenvalue weighted by atomic mass is 9.96. The maximum Gasteiger partial charge on any atom is 0.227 e. The molecule has 0 spiro atoms. The molecule has 23 heavy (non-hydrogen) atoms. The van der Waals surface area contributed by atoms with Gasteiger partial charge in [0.05, 0.1) is 12.0 Å². The van der Waals surface area contributed by atoms with Crippen LogP contribution in [0.5, 0.6) is 0 Å². The Bertz CT molecular complexity index is 616. The highest BCUT2D eigenvalue weighted by Crippen LogP contribution is 2.19. The van der Waals surface area contributed by atoms with E-state index in [2.05, 4.69) is 43.4 Å². The molecule has 2 heteroatoms. The van der Waals surface area contributed by atoms with Gasteiger partial charge in [0.2, 0.25) is 5.91 Å². The number of rotatable bonds is 6. The van der Waals surface area contributed by atoms with E-state index in [1.54, 1.807) is 0 Å². The molecule has 0 bridgehead atoms. The van der Waals surface area contributed by atoms with Gasteiger partial charge in [0.25, 0.3) is 0 Å². The van der Waals surface area contributed by atoms with Gasteiger partial charge in [-0.05, 0) is 42.9 Å². The molecule has 0 saturated carbocycles. The minimum Gasteiger partial charge on any atom is -0.349 e. The first-order valence-electron chi connectivity index (χ1n) is 8.41. The van der Waals surface area contributed by atoms with E-state index in [-0.39, 0.29) is 17.9 Å². The average Bonchev–Trinajstić information content (AvgIpc) is 2.55. The van der Waals surface area contributed by atoms with Crippen molar-refractivity contribution in [3.8, 4) is 0 Å². The highest BCUT2D eigenvalue weighted by Gasteiger charge is 2.17. The van der Waals surface area contributed by atoms with E-state index >= 15 is 0 Å². The quantitative estimate of drug-likeness (QED) is 0.810. The average molecular weight is 309 g/mol. The summed E-state index contributed by atoms with van der Waals surface area (Å²) in [6.07, 6.45) is 1.08. The highest BCUT2D eigenvalue weighted by molar-refractivity contribution is 5.83. The van der Waals surface area contributed by atoms with Crippen molar-refractivity contribution in [3.63, 3.8) is 0 Å². The second-order valence-corrected chi connectivity index (χ2v) is 6.70. The first-order valence-corrected chi connectivity index (χ1v) is 8.41. The van der Waals surface area contributed by atoms with Crippen LogP contribution in [0.2, 0.25) is 0 Å². The van der Waals surface area contributed by atoms with Gasteiger partial charge in [0, 0.05) is 0 Å². The molecule has 0 saturated heterocycles. The molecule has 0 radical (unpaired) electrons. The number of benzene rings is 2. The van der Waals surface area contributed by atoms with Crippen LogP contribution in [-0.4, -0.2) is 5.91 Å². The third kappa shape index (κ3) is 4.95. The summed E-state index contributed by atoms with van der Waals surface area (Å²) < 4.78 is 0. The molecule has 1 N–H and O–H groups in total. The van der Waals surface area contributed by atoms with Crippen molar-refractivity contribution in [2.75, 3.05) is 0 Å². The van der Waals surface area contributed by atoms with Crippen LogP contribution in [0.15, 0.2) is 54.6 Å². The molecular formula is C21H27NO. The predicted molar refractivity (Wildman–Crippen MR) is 96.4 cm³/mol. The Hall–Kier alpha value is -2.09. The third-order valence-corrected chi connectivity index (χ3v) is 4.18. The Morgan fingerprint density at radius 1 is 0.870 bits per heavy atom. The summed E-state index contributed by atoms with van der Waals surface area (Å²) in [5.41, 5.74) is 3.52. The number of carbonyl (C=O) groups is 1. The maximum atomic E-state index is 12.5. The standard InChI is InChI=1S/C21H27NO/c1-15(2)14-18-10-12-19(13-11-18)16(3)21(23)22-17(4)20-8-6-5-7-9-20/h5-13,15-17H,14H2,1-4H3,(H,22,23)/t16-,17+/m1/s1. The lowest BCUT2D eigenvalue weighted by Gasteiger charge is -2.18. The summed E-state index contributed by atoms with van der Waals surface area (Å²) in [6.45, 7) is 8.42.